The molecule has 198 valence electrons. The monoisotopic (exact) mass is 530 g/mol. The second kappa shape index (κ2) is 10.5. The van der Waals surface area contributed by atoms with Crippen molar-refractivity contribution >= 4 is 35.5 Å². The molecule has 3 unspecified atom stereocenters. The van der Waals surface area contributed by atoms with Crippen molar-refractivity contribution in [2.75, 3.05) is 6.54 Å². The van der Waals surface area contributed by atoms with Gasteiger partial charge in [0.15, 0.2) is 12.6 Å². The average Bonchev–Trinajstić information content (AvgIpc) is 3.43. The highest BCUT2D eigenvalue weighted by molar-refractivity contribution is 8.01. The van der Waals surface area contributed by atoms with E-state index in [1.54, 1.807) is 49.1 Å². The van der Waals surface area contributed by atoms with Crippen LogP contribution >= 0.6 is 11.8 Å². The van der Waals surface area contributed by atoms with Gasteiger partial charge in [0.05, 0.1) is 12.5 Å². The first kappa shape index (κ1) is 26.5. The first-order valence-electron chi connectivity index (χ1n) is 11.8. The maximum atomic E-state index is 13.3. The van der Waals surface area contributed by atoms with Crippen LogP contribution in [-0.2, 0) is 30.6 Å². The largest absolute Gasteiger partial charge is 0.442 e. The van der Waals surface area contributed by atoms with Crippen molar-refractivity contribution in [3.05, 3.63) is 41.7 Å². The summed E-state index contributed by atoms with van der Waals surface area (Å²) in [6.45, 7) is 6.91. The van der Waals surface area contributed by atoms with Gasteiger partial charge >= 0.3 is 5.97 Å². The number of amides is 3. The molecule has 3 heterocycles. The molecule has 0 spiro atoms. The van der Waals surface area contributed by atoms with Crippen molar-refractivity contribution in [2.24, 2.45) is 11.7 Å². The zero-order valence-corrected chi connectivity index (χ0v) is 21.8. The lowest BCUT2D eigenvalue weighted by molar-refractivity contribution is -0.154. The summed E-state index contributed by atoms with van der Waals surface area (Å²) < 4.78 is 6.13. The van der Waals surface area contributed by atoms with Gasteiger partial charge in [-0.1, -0.05) is 44.2 Å². The van der Waals surface area contributed by atoms with Crippen molar-refractivity contribution in [3.8, 4) is 0 Å². The van der Waals surface area contributed by atoms with Crippen molar-refractivity contribution in [2.45, 2.75) is 62.7 Å². The third-order valence-corrected chi connectivity index (χ3v) is 7.80. The second-order valence-corrected chi connectivity index (χ2v) is 11.4. The molecule has 2 aliphatic heterocycles. The molecule has 3 amide bonds. The maximum Gasteiger partial charge on any atom is 0.310 e. The maximum absolute atomic E-state index is 13.3. The number of carbonyl (C=O) groups is 4. The summed E-state index contributed by atoms with van der Waals surface area (Å²) in [6, 6.07) is 6.41. The molecule has 2 saturated heterocycles. The third-order valence-electron chi connectivity index (χ3n) is 6.23. The smallest absolute Gasteiger partial charge is 0.310 e. The quantitative estimate of drug-likeness (QED) is 0.292. The average molecular weight is 531 g/mol. The van der Waals surface area contributed by atoms with Crippen molar-refractivity contribution in [3.63, 3.8) is 0 Å². The van der Waals surface area contributed by atoms with E-state index in [2.05, 4.69) is 26.2 Å². The summed E-state index contributed by atoms with van der Waals surface area (Å²) >= 11 is 1.51. The minimum Gasteiger partial charge on any atom is -0.442 e. The summed E-state index contributed by atoms with van der Waals surface area (Å²) in [4.78, 5) is 52.1. The number of thioether (sulfide) groups is 1. The van der Waals surface area contributed by atoms with Crippen LogP contribution in [0.25, 0.3) is 0 Å². The molecule has 0 aliphatic carbocycles. The number of esters is 1. The lowest BCUT2D eigenvalue weighted by Gasteiger charge is -2.44. The van der Waals surface area contributed by atoms with Crippen LogP contribution in [0.1, 0.15) is 51.2 Å². The Kier molecular flexibility index (Phi) is 7.50. The molecule has 0 bridgehead atoms. The van der Waals surface area contributed by atoms with Gasteiger partial charge in [-0.2, -0.15) is 4.68 Å². The Labute approximate surface area is 217 Å². The highest BCUT2D eigenvalue weighted by atomic mass is 32.2. The molecular formula is C23H30N8O5S. The molecule has 0 saturated carbocycles. The minimum atomic E-state index is -1.00. The lowest BCUT2D eigenvalue weighted by atomic mass is 9.95. The molecule has 2 fully saturated rings. The molecule has 2 aromatic rings. The summed E-state index contributed by atoms with van der Waals surface area (Å²) in [6.07, 6.45) is 0. The fraction of sp³-hybridized carbons (Fsp3) is 0.522. The van der Waals surface area contributed by atoms with Crippen LogP contribution in [-0.4, -0.2) is 71.5 Å². The predicted octanol–water partition coefficient (Wildman–Crippen LogP) is -0.134. The van der Waals surface area contributed by atoms with Crippen LogP contribution in [0.15, 0.2) is 30.3 Å². The Morgan fingerprint density at radius 3 is 2.57 bits per heavy atom. The standard InChI is InChI=1S/C23H30N8O5S/c1-12(2)22(35)36-11-30-18(27-28-29-30)17-23(3,4)37-21-16(20(34)31(17)21)26-19(33)15(25-14(32)10-24)13-8-6-5-7-9-13/h5-9,12,15-17,21H,10-11,24H2,1-4H3,(H,25,32)(H,26,33)/t15?,16?,17?,21-/m0/s1. The number of β-lactam (4-membered cyclic amide) rings is 1. The lowest BCUT2D eigenvalue weighted by Crippen LogP contribution is -2.68. The number of fused-ring (bicyclic) bond motifs is 1. The van der Waals surface area contributed by atoms with E-state index < -0.39 is 40.7 Å². The molecular weight excluding hydrogens is 500 g/mol. The predicted molar refractivity (Wildman–Crippen MR) is 132 cm³/mol. The van der Waals surface area contributed by atoms with Gasteiger partial charge < -0.3 is 26.0 Å². The number of tetrazole rings is 1. The van der Waals surface area contributed by atoms with Crippen molar-refractivity contribution in [1.82, 2.24) is 35.7 Å². The normalized spacial score (nSPS) is 22.7. The van der Waals surface area contributed by atoms with Crippen LogP contribution in [0.2, 0.25) is 0 Å². The van der Waals surface area contributed by atoms with Gasteiger partial charge in [-0.25, -0.2) is 0 Å². The zero-order valence-electron chi connectivity index (χ0n) is 21.0. The van der Waals surface area contributed by atoms with E-state index in [0.717, 1.165) is 0 Å². The van der Waals surface area contributed by atoms with Gasteiger partial charge in [0.1, 0.15) is 23.5 Å². The molecule has 0 radical (unpaired) electrons. The first-order valence-corrected chi connectivity index (χ1v) is 12.7. The molecule has 4 N–H and O–H groups in total. The third kappa shape index (κ3) is 5.16. The molecule has 2 aliphatic rings. The fourth-order valence-electron chi connectivity index (χ4n) is 4.36. The van der Waals surface area contributed by atoms with Gasteiger partial charge in [-0.3, -0.25) is 19.2 Å². The fourth-order valence-corrected chi connectivity index (χ4v) is 5.99. The molecule has 13 nitrogen and oxygen atoms in total. The molecule has 37 heavy (non-hydrogen) atoms. The van der Waals surface area contributed by atoms with Crippen LogP contribution in [0.5, 0.6) is 0 Å². The SMILES string of the molecule is CC(C)C(=O)OCn1nnnc1C1N2C(=O)C(NC(=O)C(NC(=O)CN)c3ccccc3)[C@@H]2SC1(C)C. The second-order valence-electron chi connectivity index (χ2n) is 9.65. The number of benzene rings is 1. The number of nitrogens with two attached hydrogens (primary N) is 1. The summed E-state index contributed by atoms with van der Waals surface area (Å²) in [7, 11) is 0. The van der Waals surface area contributed by atoms with Crippen LogP contribution < -0.4 is 16.4 Å². The van der Waals surface area contributed by atoms with E-state index in [1.165, 1.54) is 16.4 Å². The van der Waals surface area contributed by atoms with Gasteiger partial charge in [0.2, 0.25) is 17.7 Å². The Balaban J connectivity index is 1.51. The van der Waals surface area contributed by atoms with Crippen LogP contribution in [0.4, 0.5) is 0 Å². The molecule has 4 atom stereocenters. The van der Waals surface area contributed by atoms with Crippen molar-refractivity contribution < 1.29 is 23.9 Å². The Hall–Kier alpha value is -3.52. The van der Waals surface area contributed by atoms with E-state index in [0.29, 0.717) is 11.4 Å². The Morgan fingerprint density at radius 1 is 1.22 bits per heavy atom. The number of nitrogens with one attached hydrogen (secondary N) is 2. The van der Waals surface area contributed by atoms with E-state index in [1.807, 2.05) is 13.8 Å². The number of aromatic nitrogens is 4. The van der Waals surface area contributed by atoms with Crippen LogP contribution in [0, 0.1) is 5.92 Å². The number of ether oxygens (including phenoxy) is 1. The molecule has 4 rings (SSSR count). The summed E-state index contributed by atoms with van der Waals surface area (Å²) in [5.74, 6) is -1.63. The van der Waals surface area contributed by atoms with Gasteiger partial charge in [-0.15, -0.1) is 16.9 Å². The van der Waals surface area contributed by atoms with Gasteiger partial charge in [0, 0.05) is 4.75 Å². The van der Waals surface area contributed by atoms with Gasteiger partial charge in [-0.05, 0) is 29.8 Å². The number of nitrogens with zero attached hydrogens (tertiary/aromatic N) is 5. The highest BCUT2D eigenvalue weighted by Gasteiger charge is 2.63. The van der Waals surface area contributed by atoms with Crippen molar-refractivity contribution in [1.29, 1.82) is 0 Å². The first-order chi connectivity index (χ1) is 17.5. The molecule has 1 aromatic carbocycles. The van der Waals surface area contributed by atoms with Gasteiger partial charge in [0.25, 0.3) is 0 Å². The van der Waals surface area contributed by atoms with Crippen LogP contribution in [0.3, 0.4) is 0 Å². The number of rotatable bonds is 9. The summed E-state index contributed by atoms with van der Waals surface area (Å²) in [5.41, 5.74) is 6.00. The number of hydrogen-bond acceptors (Lipinski definition) is 10. The molecule has 1 aromatic heterocycles. The van der Waals surface area contributed by atoms with E-state index in [4.69, 9.17) is 10.5 Å². The summed E-state index contributed by atoms with van der Waals surface area (Å²) in [5, 5.41) is 16.8. The topological polar surface area (TPSA) is 174 Å². The van der Waals surface area contributed by atoms with E-state index >= 15 is 0 Å². The number of hydrogen-bond donors (Lipinski definition) is 3. The minimum absolute atomic E-state index is 0.178. The number of carbonyl (C=O) groups excluding carboxylic acids is 4. The Morgan fingerprint density at radius 2 is 1.92 bits per heavy atom. The van der Waals surface area contributed by atoms with E-state index in [-0.39, 0.29) is 30.5 Å². The Bertz CT molecular complexity index is 1190. The molecule has 14 heteroatoms. The van der Waals surface area contributed by atoms with E-state index in [9.17, 15) is 19.2 Å². The highest BCUT2D eigenvalue weighted by Crippen LogP contribution is 2.56. The zero-order chi connectivity index (χ0) is 26.9.